The van der Waals surface area contributed by atoms with Gasteiger partial charge in [0.05, 0.1) is 34.4 Å². The lowest BCUT2D eigenvalue weighted by atomic mass is 10.0. The van der Waals surface area contributed by atoms with Gasteiger partial charge in [-0.3, -0.25) is 9.59 Å². The Labute approximate surface area is 339 Å². The third kappa shape index (κ3) is 37.4. The highest BCUT2D eigenvalue weighted by atomic mass is 16.6. The number of carboxylic acids is 1. The van der Waals surface area contributed by atoms with E-state index >= 15 is 0 Å². The van der Waals surface area contributed by atoms with Crippen LogP contribution < -0.4 is 0 Å². The van der Waals surface area contributed by atoms with Crippen molar-refractivity contribution in [3.8, 4) is 0 Å². The minimum absolute atomic E-state index is 0.0484. The fraction of sp³-hybridized carbons (Fsp3) is 0.894. The van der Waals surface area contributed by atoms with Crippen molar-refractivity contribution in [2.45, 2.75) is 231 Å². The highest BCUT2D eigenvalue weighted by Crippen LogP contribution is 2.16. The molecule has 0 saturated carbocycles. The molecule has 0 rings (SSSR count). The normalized spacial score (nSPS) is 13.0. The number of allylic oxidation sites excluding steroid dienone is 2. The Morgan fingerprint density at radius 3 is 1.36 bits per heavy atom. The third-order valence-corrected chi connectivity index (χ3v) is 10.7. The molecule has 0 saturated heterocycles. The van der Waals surface area contributed by atoms with E-state index in [1.54, 1.807) is 0 Å². The van der Waals surface area contributed by atoms with E-state index in [-0.39, 0.29) is 36.2 Å². The zero-order valence-electron chi connectivity index (χ0n) is 36.9. The van der Waals surface area contributed by atoms with Crippen LogP contribution in [-0.4, -0.2) is 80.6 Å². The molecule has 2 unspecified atom stereocenters. The number of carbonyl (C=O) groups excluding carboxylic acids is 2. The average molecular weight is 781 g/mol. The van der Waals surface area contributed by atoms with Crippen molar-refractivity contribution < 1.29 is 38.2 Å². The van der Waals surface area contributed by atoms with E-state index in [0.717, 1.165) is 51.4 Å². The number of rotatable bonds is 42. The van der Waals surface area contributed by atoms with Gasteiger partial charge in [0, 0.05) is 19.3 Å². The first-order valence-corrected chi connectivity index (χ1v) is 23.2. The van der Waals surface area contributed by atoms with Crippen LogP contribution in [0.4, 0.5) is 0 Å². The second kappa shape index (κ2) is 38.9. The summed E-state index contributed by atoms with van der Waals surface area (Å²) in [5.74, 6) is -1.46. The molecule has 8 nitrogen and oxygen atoms in total. The summed E-state index contributed by atoms with van der Waals surface area (Å²) in [7, 11) is 5.53. The zero-order chi connectivity index (χ0) is 40.7. The number of carboxylic acid groups (broad SMARTS) is 1. The SMILES string of the molecule is CCCC/C=C/CCCCCCCC(=O)OC(COCCC(C(=O)O)[N+](C)(C)C)COC(=O)CCCCCCCCCCCCCCCCCCCCCC. The van der Waals surface area contributed by atoms with Crippen molar-refractivity contribution >= 4 is 17.9 Å². The summed E-state index contributed by atoms with van der Waals surface area (Å²) < 4.78 is 17.3. The van der Waals surface area contributed by atoms with E-state index in [4.69, 9.17) is 14.2 Å². The minimum atomic E-state index is -0.874. The maximum Gasteiger partial charge on any atom is 0.362 e. The number of esters is 2. The average Bonchev–Trinajstić information content (AvgIpc) is 3.14. The van der Waals surface area contributed by atoms with Gasteiger partial charge in [-0.15, -0.1) is 0 Å². The van der Waals surface area contributed by atoms with Gasteiger partial charge in [-0.25, -0.2) is 4.79 Å². The third-order valence-electron chi connectivity index (χ3n) is 10.7. The largest absolute Gasteiger partial charge is 0.477 e. The van der Waals surface area contributed by atoms with Gasteiger partial charge < -0.3 is 23.8 Å². The lowest BCUT2D eigenvalue weighted by molar-refractivity contribution is -0.887. The van der Waals surface area contributed by atoms with Crippen LogP contribution in [0.15, 0.2) is 12.2 Å². The first-order valence-electron chi connectivity index (χ1n) is 23.2. The lowest BCUT2D eigenvalue weighted by Crippen LogP contribution is -2.50. The Balaban J connectivity index is 4.19. The van der Waals surface area contributed by atoms with Crippen LogP contribution in [0.5, 0.6) is 0 Å². The first kappa shape index (κ1) is 53.1. The molecule has 8 heteroatoms. The van der Waals surface area contributed by atoms with Crippen molar-refractivity contribution in [2.75, 3.05) is 41.0 Å². The Morgan fingerprint density at radius 1 is 0.527 bits per heavy atom. The number of ether oxygens (including phenoxy) is 3. The summed E-state index contributed by atoms with van der Waals surface area (Å²) in [5, 5.41) is 9.61. The van der Waals surface area contributed by atoms with Crippen molar-refractivity contribution in [1.82, 2.24) is 0 Å². The molecule has 0 aliphatic heterocycles. The van der Waals surface area contributed by atoms with Gasteiger partial charge in [0.25, 0.3) is 0 Å². The van der Waals surface area contributed by atoms with Crippen LogP contribution >= 0.6 is 0 Å². The van der Waals surface area contributed by atoms with Gasteiger partial charge in [-0.1, -0.05) is 180 Å². The van der Waals surface area contributed by atoms with Gasteiger partial charge in [-0.2, -0.15) is 0 Å². The van der Waals surface area contributed by atoms with Crippen LogP contribution in [0, 0.1) is 0 Å². The fourth-order valence-electron chi connectivity index (χ4n) is 7.01. The lowest BCUT2D eigenvalue weighted by Gasteiger charge is -2.31. The molecule has 0 spiro atoms. The zero-order valence-corrected chi connectivity index (χ0v) is 36.9. The molecule has 0 aromatic rings. The molecule has 0 heterocycles. The minimum Gasteiger partial charge on any atom is -0.477 e. The summed E-state index contributed by atoms with van der Waals surface area (Å²) in [5.41, 5.74) is 0. The Hall–Kier alpha value is -1.93. The van der Waals surface area contributed by atoms with Crippen LogP contribution in [0.3, 0.4) is 0 Å². The summed E-state index contributed by atoms with van der Waals surface area (Å²) >= 11 is 0. The molecule has 0 aliphatic rings. The quantitative estimate of drug-likeness (QED) is 0.0285. The second-order valence-electron chi connectivity index (χ2n) is 17.0. The number of aliphatic carboxylic acids is 1. The van der Waals surface area contributed by atoms with Gasteiger partial charge in [-0.05, 0) is 32.1 Å². The number of likely N-dealkylation sites (N-methyl/N-ethyl adjacent to an activating group) is 1. The maximum absolute atomic E-state index is 12.7. The maximum atomic E-state index is 12.7. The fourth-order valence-corrected chi connectivity index (χ4v) is 7.01. The number of unbranched alkanes of at least 4 members (excludes halogenated alkanes) is 26. The molecular formula is C47H90NO7+. The standard InChI is InChI=1S/C47H89NO7/c1-6-8-10-12-14-16-18-19-20-21-22-23-24-25-26-28-29-31-33-35-37-45(49)54-42-43(41-53-40-39-44(47(51)52)48(3,4)5)55-46(50)38-36-34-32-30-27-17-15-13-11-9-7-2/h13,15,43-44H,6-12,14,16-42H2,1-5H3/p+1/b15-13+. The second-order valence-corrected chi connectivity index (χ2v) is 17.0. The molecule has 2 atom stereocenters. The Kier molecular flexibility index (Phi) is 37.6. The molecule has 1 N–H and O–H groups in total. The van der Waals surface area contributed by atoms with Crippen molar-refractivity contribution in [3.05, 3.63) is 12.2 Å². The van der Waals surface area contributed by atoms with Crippen LogP contribution in [0.25, 0.3) is 0 Å². The van der Waals surface area contributed by atoms with Gasteiger partial charge >= 0.3 is 17.9 Å². The molecule has 0 radical (unpaired) electrons. The molecule has 0 aromatic carbocycles. The number of hydrogen-bond acceptors (Lipinski definition) is 6. The van der Waals surface area contributed by atoms with Crippen molar-refractivity contribution in [2.24, 2.45) is 0 Å². The number of hydrogen-bond donors (Lipinski definition) is 1. The highest BCUT2D eigenvalue weighted by molar-refractivity contribution is 5.72. The predicted molar refractivity (Wildman–Crippen MR) is 229 cm³/mol. The molecular weight excluding hydrogens is 691 g/mol. The van der Waals surface area contributed by atoms with E-state index < -0.39 is 18.1 Å². The van der Waals surface area contributed by atoms with Gasteiger partial charge in [0.1, 0.15) is 6.61 Å². The molecule has 0 aromatic heterocycles. The number of carbonyl (C=O) groups is 3. The summed E-state index contributed by atoms with van der Waals surface area (Å²) in [4.78, 5) is 36.9. The summed E-state index contributed by atoms with van der Waals surface area (Å²) in [6.07, 6.45) is 41.2. The monoisotopic (exact) mass is 781 g/mol. The molecule has 0 aliphatic carbocycles. The van der Waals surface area contributed by atoms with E-state index in [1.165, 1.54) is 135 Å². The topological polar surface area (TPSA) is 99.1 Å². The Bertz CT molecular complexity index is 915. The highest BCUT2D eigenvalue weighted by Gasteiger charge is 2.31. The van der Waals surface area contributed by atoms with Crippen LogP contribution in [0.1, 0.15) is 219 Å². The van der Waals surface area contributed by atoms with E-state index in [9.17, 15) is 19.5 Å². The van der Waals surface area contributed by atoms with Crippen LogP contribution in [0.2, 0.25) is 0 Å². The molecule has 0 fully saturated rings. The van der Waals surface area contributed by atoms with Crippen molar-refractivity contribution in [3.63, 3.8) is 0 Å². The van der Waals surface area contributed by atoms with Gasteiger partial charge in [0.2, 0.25) is 0 Å². The number of nitrogens with zero attached hydrogens (tertiary/aromatic N) is 1. The first-order chi connectivity index (χ1) is 26.6. The summed E-state index contributed by atoms with van der Waals surface area (Å²) in [6.45, 7) is 4.72. The summed E-state index contributed by atoms with van der Waals surface area (Å²) in [6, 6.07) is -0.611. The van der Waals surface area contributed by atoms with Crippen LogP contribution in [-0.2, 0) is 28.6 Å². The predicted octanol–water partition coefficient (Wildman–Crippen LogP) is 12.7. The molecule has 0 bridgehead atoms. The van der Waals surface area contributed by atoms with E-state index in [1.807, 2.05) is 21.1 Å². The van der Waals surface area contributed by atoms with E-state index in [2.05, 4.69) is 26.0 Å². The number of quaternary nitrogens is 1. The Morgan fingerprint density at radius 2 is 0.927 bits per heavy atom. The smallest absolute Gasteiger partial charge is 0.362 e. The molecule has 55 heavy (non-hydrogen) atoms. The molecule has 324 valence electrons. The van der Waals surface area contributed by atoms with Gasteiger partial charge in [0.15, 0.2) is 12.1 Å². The molecule has 0 amide bonds. The van der Waals surface area contributed by atoms with E-state index in [0.29, 0.717) is 19.3 Å². The van der Waals surface area contributed by atoms with Crippen molar-refractivity contribution in [1.29, 1.82) is 0 Å².